The average Bonchev–Trinajstić information content (AvgIpc) is 2.52. The molecule has 0 aromatic carbocycles. The highest BCUT2D eigenvalue weighted by molar-refractivity contribution is 4.83. The van der Waals surface area contributed by atoms with E-state index in [1.54, 1.807) is 7.11 Å². The molecule has 1 saturated carbocycles. The van der Waals surface area contributed by atoms with E-state index in [9.17, 15) is 0 Å². The van der Waals surface area contributed by atoms with E-state index < -0.39 is 0 Å². The van der Waals surface area contributed by atoms with Crippen LogP contribution in [0.4, 0.5) is 0 Å². The number of ether oxygens (including phenoxy) is 1. The van der Waals surface area contributed by atoms with Gasteiger partial charge in [0.05, 0.1) is 6.10 Å². The van der Waals surface area contributed by atoms with Gasteiger partial charge in [-0.25, -0.2) is 0 Å². The highest BCUT2D eigenvalue weighted by atomic mass is 16.5. The summed E-state index contributed by atoms with van der Waals surface area (Å²) in [5, 5.41) is 12.0. The largest absolute Gasteiger partial charge is 0.396 e. The van der Waals surface area contributed by atoms with Crippen LogP contribution in [0.25, 0.3) is 0 Å². The molecule has 2 atom stereocenters. The van der Waals surface area contributed by atoms with Crippen LogP contribution in [0.3, 0.4) is 0 Å². The zero-order valence-corrected chi connectivity index (χ0v) is 7.75. The Labute approximate surface area is 74.1 Å². The lowest BCUT2D eigenvalue weighted by molar-refractivity contribution is 0.0847. The maximum atomic E-state index is 8.59. The van der Waals surface area contributed by atoms with Crippen molar-refractivity contribution in [2.45, 2.75) is 37.8 Å². The monoisotopic (exact) mass is 173 g/mol. The highest BCUT2D eigenvalue weighted by Gasteiger charge is 2.25. The maximum Gasteiger partial charge on any atom is 0.0724 e. The smallest absolute Gasteiger partial charge is 0.0724 e. The van der Waals surface area contributed by atoms with Crippen molar-refractivity contribution < 1.29 is 9.84 Å². The Bertz CT molecular complexity index is 119. The van der Waals surface area contributed by atoms with Crippen molar-refractivity contribution in [3.05, 3.63) is 0 Å². The summed E-state index contributed by atoms with van der Waals surface area (Å²) in [5.74, 6) is 0. The first-order chi connectivity index (χ1) is 5.88. The van der Waals surface area contributed by atoms with Gasteiger partial charge in [0, 0.05) is 19.8 Å². The highest BCUT2D eigenvalue weighted by Crippen LogP contribution is 2.21. The molecule has 1 aliphatic rings. The predicted molar refractivity (Wildman–Crippen MR) is 48.1 cm³/mol. The van der Waals surface area contributed by atoms with Crippen molar-refractivity contribution in [3.8, 4) is 0 Å². The van der Waals surface area contributed by atoms with Crippen LogP contribution in [0.15, 0.2) is 0 Å². The van der Waals surface area contributed by atoms with Gasteiger partial charge in [-0.05, 0) is 32.2 Å². The molecular formula is C9H19NO2. The van der Waals surface area contributed by atoms with E-state index in [1.165, 1.54) is 19.3 Å². The van der Waals surface area contributed by atoms with Gasteiger partial charge in [0.2, 0.25) is 0 Å². The van der Waals surface area contributed by atoms with Crippen molar-refractivity contribution in [1.29, 1.82) is 0 Å². The molecule has 0 amide bonds. The molecule has 1 fully saturated rings. The van der Waals surface area contributed by atoms with Gasteiger partial charge in [-0.15, -0.1) is 0 Å². The van der Waals surface area contributed by atoms with Crippen LogP contribution < -0.4 is 5.32 Å². The fourth-order valence-corrected chi connectivity index (χ4v) is 1.81. The first kappa shape index (κ1) is 9.96. The molecule has 2 unspecified atom stereocenters. The third-order valence-corrected chi connectivity index (χ3v) is 2.50. The van der Waals surface area contributed by atoms with Gasteiger partial charge in [0.25, 0.3) is 0 Å². The quantitative estimate of drug-likeness (QED) is 0.596. The second-order valence-electron chi connectivity index (χ2n) is 3.34. The van der Waals surface area contributed by atoms with Crippen molar-refractivity contribution in [3.63, 3.8) is 0 Å². The van der Waals surface area contributed by atoms with Gasteiger partial charge in [-0.1, -0.05) is 0 Å². The molecule has 0 radical (unpaired) electrons. The number of methoxy groups -OCH3 is 1. The molecule has 0 aromatic rings. The van der Waals surface area contributed by atoms with Crippen LogP contribution in [0.1, 0.15) is 25.7 Å². The third-order valence-electron chi connectivity index (χ3n) is 2.50. The summed E-state index contributed by atoms with van der Waals surface area (Å²) in [6.07, 6.45) is 4.88. The summed E-state index contributed by atoms with van der Waals surface area (Å²) in [6, 6.07) is 0.515. The van der Waals surface area contributed by atoms with Crippen LogP contribution in [0.2, 0.25) is 0 Å². The Hall–Kier alpha value is -0.120. The third kappa shape index (κ3) is 2.73. The van der Waals surface area contributed by atoms with E-state index in [-0.39, 0.29) is 6.61 Å². The van der Waals surface area contributed by atoms with E-state index in [0.717, 1.165) is 13.0 Å². The molecule has 0 heterocycles. The van der Waals surface area contributed by atoms with E-state index in [0.29, 0.717) is 12.1 Å². The fourth-order valence-electron chi connectivity index (χ4n) is 1.81. The van der Waals surface area contributed by atoms with Crippen LogP contribution in [-0.4, -0.2) is 37.5 Å². The number of nitrogens with one attached hydrogen (secondary N) is 1. The van der Waals surface area contributed by atoms with Crippen LogP contribution in [0, 0.1) is 0 Å². The van der Waals surface area contributed by atoms with E-state index in [2.05, 4.69) is 5.32 Å². The molecule has 72 valence electrons. The molecule has 2 N–H and O–H groups in total. The summed E-state index contributed by atoms with van der Waals surface area (Å²) in [6.45, 7) is 1.18. The lowest BCUT2D eigenvalue weighted by atomic mass is 10.2. The number of hydrogen-bond acceptors (Lipinski definition) is 3. The Morgan fingerprint density at radius 3 is 3.00 bits per heavy atom. The average molecular weight is 173 g/mol. The van der Waals surface area contributed by atoms with Gasteiger partial charge in [-0.3, -0.25) is 0 Å². The molecule has 3 nitrogen and oxygen atoms in total. The topological polar surface area (TPSA) is 41.5 Å². The first-order valence-corrected chi connectivity index (χ1v) is 4.75. The standard InChI is InChI=1S/C9H19NO2/c1-12-9-5-2-4-8(9)10-6-3-7-11/h8-11H,2-7H2,1H3. The van der Waals surface area contributed by atoms with Crippen LogP contribution in [-0.2, 0) is 4.74 Å². The lowest BCUT2D eigenvalue weighted by Gasteiger charge is -2.19. The van der Waals surface area contributed by atoms with Crippen LogP contribution in [0.5, 0.6) is 0 Å². The Morgan fingerprint density at radius 1 is 1.50 bits per heavy atom. The Kier molecular flexibility index (Phi) is 4.58. The molecule has 0 bridgehead atoms. The second-order valence-corrected chi connectivity index (χ2v) is 3.34. The van der Waals surface area contributed by atoms with E-state index in [4.69, 9.17) is 9.84 Å². The minimum absolute atomic E-state index is 0.275. The zero-order valence-electron chi connectivity index (χ0n) is 7.75. The van der Waals surface area contributed by atoms with Crippen LogP contribution >= 0.6 is 0 Å². The summed E-state index contributed by atoms with van der Waals surface area (Å²) < 4.78 is 5.33. The molecule has 1 aliphatic carbocycles. The number of aliphatic hydroxyl groups is 1. The molecule has 0 aromatic heterocycles. The van der Waals surface area contributed by atoms with Gasteiger partial charge in [0.1, 0.15) is 0 Å². The van der Waals surface area contributed by atoms with Crippen molar-refractivity contribution >= 4 is 0 Å². The summed E-state index contributed by atoms with van der Waals surface area (Å²) in [4.78, 5) is 0. The molecule has 0 spiro atoms. The van der Waals surface area contributed by atoms with Crippen molar-refractivity contribution in [2.75, 3.05) is 20.3 Å². The molecular weight excluding hydrogens is 154 g/mol. The molecule has 0 aliphatic heterocycles. The minimum atomic E-state index is 0.275. The molecule has 3 heteroatoms. The normalized spacial score (nSPS) is 29.5. The fraction of sp³-hybridized carbons (Fsp3) is 1.00. The minimum Gasteiger partial charge on any atom is -0.396 e. The van der Waals surface area contributed by atoms with E-state index in [1.807, 2.05) is 0 Å². The molecule has 0 saturated heterocycles. The molecule has 1 rings (SSSR count). The van der Waals surface area contributed by atoms with Gasteiger partial charge in [-0.2, -0.15) is 0 Å². The van der Waals surface area contributed by atoms with Crippen molar-refractivity contribution in [2.24, 2.45) is 0 Å². The van der Waals surface area contributed by atoms with Gasteiger partial charge < -0.3 is 15.2 Å². The maximum absolute atomic E-state index is 8.59. The summed E-state index contributed by atoms with van der Waals surface area (Å²) >= 11 is 0. The summed E-state index contributed by atoms with van der Waals surface area (Å²) in [7, 11) is 1.77. The Morgan fingerprint density at radius 2 is 2.33 bits per heavy atom. The molecule has 12 heavy (non-hydrogen) atoms. The summed E-state index contributed by atoms with van der Waals surface area (Å²) in [5.41, 5.74) is 0. The van der Waals surface area contributed by atoms with Crippen molar-refractivity contribution in [1.82, 2.24) is 5.32 Å². The predicted octanol–water partition coefficient (Wildman–Crippen LogP) is 0.526. The van der Waals surface area contributed by atoms with Gasteiger partial charge >= 0.3 is 0 Å². The lowest BCUT2D eigenvalue weighted by Crippen LogP contribution is -2.37. The SMILES string of the molecule is COC1CCCC1NCCCO. The van der Waals surface area contributed by atoms with Gasteiger partial charge in [0.15, 0.2) is 0 Å². The second kappa shape index (κ2) is 5.51. The number of rotatable bonds is 5. The number of hydrogen-bond donors (Lipinski definition) is 2. The van der Waals surface area contributed by atoms with E-state index >= 15 is 0 Å². The first-order valence-electron chi connectivity index (χ1n) is 4.75. The number of aliphatic hydroxyl groups excluding tert-OH is 1. The zero-order chi connectivity index (χ0) is 8.81. The Balaban J connectivity index is 2.12.